The Labute approximate surface area is 60.2 Å². The Kier molecular flexibility index (Phi) is 3.62. The number of carbonyl (C=O) groups excluding carboxylic acids is 1. The molecule has 0 rings (SSSR count). The average Bonchev–Trinajstić information content (AvgIpc) is 1.87. The smallest absolute Gasteiger partial charge is 0.155 e. The lowest BCUT2D eigenvalue weighted by molar-refractivity contribution is -0.113. The van der Waals surface area contributed by atoms with Crippen molar-refractivity contribution in [1.29, 1.82) is 0 Å². The van der Waals surface area contributed by atoms with Gasteiger partial charge in [0, 0.05) is 0 Å². The van der Waals surface area contributed by atoms with Crippen LogP contribution in [0.1, 0.15) is 20.8 Å². The van der Waals surface area contributed by atoms with E-state index >= 15 is 0 Å². The molecule has 0 aliphatic rings. The molecule has 0 saturated heterocycles. The van der Waals surface area contributed by atoms with Crippen molar-refractivity contribution in [2.45, 2.75) is 20.8 Å². The van der Waals surface area contributed by atoms with Gasteiger partial charge >= 0.3 is 0 Å². The fourth-order valence-electron chi connectivity index (χ4n) is 0.392. The van der Waals surface area contributed by atoms with Crippen LogP contribution in [-0.4, -0.2) is 5.78 Å². The normalized spacial score (nSPS) is 13.6. The molecule has 0 atom stereocenters. The predicted molar refractivity (Wildman–Crippen MR) is 39.3 cm³/mol. The van der Waals surface area contributed by atoms with Crippen molar-refractivity contribution >= 4 is 5.78 Å². The summed E-state index contributed by atoms with van der Waals surface area (Å²) in [7, 11) is 0. The lowest BCUT2D eigenvalue weighted by Crippen LogP contribution is -1.90. The van der Waals surface area contributed by atoms with Crippen molar-refractivity contribution < 1.29 is 9.18 Å². The molecule has 2 heteroatoms. The van der Waals surface area contributed by atoms with Gasteiger partial charge in [-0.2, -0.15) is 0 Å². The number of Topliss-reactive ketones (excluding diaryl/α,β-unsaturated/α-hetero) is 1. The number of halogens is 1. The van der Waals surface area contributed by atoms with Crippen LogP contribution in [0.3, 0.4) is 0 Å². The molecule has 0 aromatic rings. The minimum Gasteiger partial charge on any atom is -0.295 e. The van der Waals surface area contributed by atoms with Crippen molar-refractivity contribution in [2.75, 3.05) is 0 Å². The van der Waals surface area contributed by atoms with Crippen molar-refractivity contribution in [3.8, 4) is 0 Å². The Balaban J connectivity index is 4.31. The van der Waals surface area contributed by atoms with Gasteiger partial charge in [-0.1, -0.05) is 6.08 Å². The van der Waals surface area contributed by atoms with Crippen LogP contribution in [0.15, 0.2) is 23.6 Å². The Morgan fingerprint density at radius 3 is 2.20 bits per heavy atom. The number of allylic oxidation sites excluding steroid dienone is 4. The molecule has 0 N–H and O–H groups in total. The fourth-order valence-corrected chi connectivity index (χ4v) is 0.392. The van der Waals surface area contributed by atoms with Crippen LogP contribution in [0.4, 0.5) is 4.39 Å². The molecule has 0 aromatic heterocycles. The summed E-state index contributed by atoms with van der Waals surface area (Å²) in [4.78, 5) is 10.5. The lowest BCUT2D eigenvalue weighted by Gasteiger charge is -1.90. The molecule has 0 spiro atoms. The molecule has 0 bridgehead atoms. The van der Waals surface area contributed by atoms with Gasteiger partial charge in [-0.3, -0.25) is 4.79 Å². The van der Waals surface area contributed by atoms with Crippen LogP contribution in [0, 0.1) is 0 Å². The molecule has 0 unspecified atom stereocenters. The highest BCUT2D eigenvalue weighted by Crippen LogP contribution is 2.03. The molecule has 1 nitrogen and oxygen atoms in total. The number of ketones is 1. The zero-order valence-corrected chi connectivity index (χ0v) is 6.44. The van der Waals surface area contributed by atoms with Crippen LogP contribution >= 0.6 is 0 Å². The maximum atomic E-state index is 12.4. The Morgan fingerprint density at radius 1 is 1.40 bits per heavy atom. The predicted octanol–water partition coefficient (Wildman–Crippen LogP) is 2.40. The molecule has 0 aliphatic carbocycles. The second kappa shape index (κ2) is 3.99. The third kappa shape index (κ3) is 3.17. The monoisotopic (exact) mass is 142 g/mol. The molecule has 0 aliphatic heterocycles. The molecule has 0 amide bonds. The second-order valence-electron chi connectivity index (χ2n) is 2.06. The maximum absolute atomic E-state index is 12.4. The number of carbonyl (C=O) groups is 1. The Bertz CT molecular complexity index is 189. The number of rotatable bonds is 2. The van der Waals surface area contributed by atoms with Crippen molar-refractivity contribution in [2.24, 2.45) is 0 Å². The topological polar surface area (TPSA) is 17.1 Å². The summed E-state index contributed by atoms with van der Waals surface area (Å²) in [5.41, 5.74) is 0.440. The molecule has 0 radical (unpaired) electrons. The van der Waals surface area contributed by atoms with Crippen LogP contribution < -0.4 is 0 Å². The molecule has 0 aromatic carbocycles. The average molecular weight is 142 g/mol. The third-order valence-corrected chi connectivity index (χ3v) is 1.19. The van der Waals surface area contributed by atoms with Crippen molar-refractivity contribution in [1.82, 2.24) is 0 Å². The Morgan fingerprint density at radius 2 is 1.90 bits per heavy atom. The highest BCUT2D eigenvalue weighted by molar-refractivity contribution is 5.92. The van der Waals surface area contributed by atoms with Gasteiger partial charge < -0.3 is 0 Å². The first-order chi connectivity index (χ1) is 4.57. The van der Waals surface area contributed by atoms with Crippen LogP contribution in [0.2, 0.25) is 0 Å². The molecule has 0 fully saturated rings. The van der Waals surface area contributed by atoms with Crippen LogP contribution in [0.25, 0.3) is 0 Å². The van der Waals surface area contributed by atoms with Gasteiger partial charge in [0.15, 0.2) is 5.78 Å². The van der Waals surface area contributed by atoms with Gasteiger partial charge in [0.05, 0.1) is 0 Å². The van der Waals surface area contributed by atoms with E-state index in [0.717, 1.165) is 0 Å². The SMILES string of the molecule is C/C=C(F)\C=C(/C)C(C)=O. The summed E-state index contributed by atoms with van der Waals surface area (Å²) in [5, 5.41) is 0. The summed E-state index contributed by atoms with van der Waals surface area (Å²) in [6.45, 7) is 4.58. The van der Waals surface area contributed by atoms with E-state index in [2.05, 4.69) is 0 Å². The molecule has 56 valence electrons. The highest BCUT2D eigenvalue weighted by atomic mass is 19.1. The summed E-state index contributed by atoms with van der Waals surface area (Å²) < 4.78 is 12.4. The standard InChI is InChI=1S/C8H11FO/c1-4-8(9)5-6(2)7(3)10/h4-5H,1-3H3/b6-5+,8-4+. The van der Waals surface area contributed by atoms with Crippen molar-refractivity contribution in [3.05, 3.63) is 23.6 Å². The first-order valence-electron chi connectivity index (χ1n) is 3.09. The summed E-state index contributed by atoms with van der Waals surface area (Å²) >= 11 is 0. The first-order valence-corrected chi connectivity index (χ1v) is 3.09. The van der Waals surface area contributed by atoms with Crippen LogP contribution in [0.5, 0.6) is 0 Å². The van der Waals surface area contributed by atoms with Gasteiger partial charge in [-0.15, -0.1) is 0 Å². The molecular weight excluding hydrogens is 131 g/mol. The van der Waals surface area contributed by atoms with Gasteiger partial charge in [0.2, 0.25) is 0 Å². The van der Waals surface area contributed by atoms with E-state index < -0.39 is 0 Å². The maximum Gasteiger partial charge on any atom is 0.155 e. The summed E-state index contributed by atoms with van der Waals surface area (Å²) in [5.74, 6) is -0.468. The lowest BCUT2D eigenvalue weighted by atomic mass is 10.2. The highest BCUT2D eigenvalue weighted by Gasteiger charge is 1.95. The quantitative estimate of drug-likeness (QED) is 0.427. The van der Waals surface area contributed by atoms with Gasteiger partial charge in [-0.25, -0.2) is 4.39 Å². The van der Waals surface area contributed by atoms with E-state index in [1.807, 2.05) is 0 Å². The van der Waals surface area contributed by atoms with Crippen LogP contribution in [-0.2, 0) is 4.79 Å². The van der Waals surface area contributed by atoms with Gasteiger partial charge in [0.1, 0.15) is 5.83 Å². The van der Waals surface area contributed by atoms with Gasteiger partial charge in [0.25, 0.3) is 0 Å². The van der Waals surface area contributed by atoms with Crippen molar-refractivity contribution in [3.63, 3.8) is 0 Å². The molecule has 10 heavy (non-hydrogen) atoms. The van der Waals surface area contributed by atoms with Gasteiger partial charge in [-0.05, 0) is 32.4 Å². The molecule has 0 saturated carbocycles. The third-order valence-electron chi connectivity index (χ3n) is 1.19. The van der Waals surface area contributed by atoms with E-state index in [9.17, 15) is 9.18 Å². The summed E-state index contributed by atoms with van der Waals surface area (Å²) in [6, 6.07) is 0. The zero-order valence-electron chi connectivity index (χ0n) is 6.44. The molecular formula is C8H11FO. The largest absolute Gasteiger partial charge is 0.295 e. The van der Waals surface area contributed by atoms with E-state index in [0.29, 0.717) is 5.57 Å². The number of hydrogen-bond donors (Lipinski definition) is 0. The van der Waals surface area contributed by atoms with E-state index in [1.54, 1.807) is 13.8 Å². The zero-order chi connectivity index (χ0) is 8.15. The minimum atomic E-state index is -0.368. The summed E-state index contributed by atoms with van der Waals surface area (Å²) in [6.07, 6.45) is 2.54. The Hall–Kier alpha value is -0.920. The first kappa shape index (κ1) is 9.08. The molecule has 0 heterocycles. The fraction of sp³-hybridized carbons (Fsp3) is 0.375. The minimum absolute atomic E-state index is 0.1000. The number of hydrogen-bond acceptors (Lipinski definition) is 1. The van der Waals surface area contributed by atoms with E-state index in [1.165, 1.54) is 19.1 Å². The van der Waals surface area contributed by atoms with E-state index in [-0.39, 0.29) is 11.6 Å². The van der Waals surface area contributed by atoms with E-state index in [4.69, 9.17) is 0 Å². The second-order valence-corrected chi connectivity index (χ2v) is 2.06.